The summed E-state index contributed by atoms with van der Waals surface area (Å²) in [6, 6.07) is 0. The molecule has 4 aliphatic carbocycles. The second kappa shape index (κ2) is 7.30. The monoisotopic (exact) mass is 443 g/mol. The third kappa shape index (κ3) is 2.82. The van der Waals surface area contributed by atoms with Crippen molar-refractivity contribution in [2.75, 3.05) is 13.2 Å². The van der Waals surface area contributed by atoms with Crippen molar-refractivity contribution in [1.82, 2.24) is 5.32 Å². The topological polar surface area (TPSA) is 49.3 Å². The zero-order valence-corrected chi connectivity index (χ0v) is 21.7. The Kier molecular flexibility index (Phi) is 5.32. The molecule has 5 aliphatic rings. The molecule has 3 nitrogen and oxygen atoms in total. The number of hydrogen-bond donors (Lipinski definition) is 2. The summed E-state index contributed by atoms with van der Waals surface area (Å²) in [6.45, 7) is 16.1. The average molecular weight is 444 g/mol. The maximum Gasteiger partial charge on any atom is 0.133 e. The normalized spacial score (nSPS) is 54.5. The summed E-state index contributed by atoms with van der Waals surface area (Å²) in [7, 11) is 0. The first kappa shape index (κ1) is 23.3. The van der Waals surface area contributed by atoms with Gasteiger partial charge in [0.25, 0.3) is 0 Å². The number of carbonyl (C=O) groups excluding carboxylic acids is 1. The van der Waals surface area contributed by atoms with Crippen LogP contribution in [0.2, 0.25) is 0 Å². The fraction of sp³-hybridized carbons (Fsp3) is 0.966. The van der Waals surface area contributed by atoms with Gasteiger partial charge in [-0.3, -0.25) is 4.79 Å². The highest BCUT2D eigenvalue weighted by molar-refractivity contribution is 5.79. The zero-order valence-electron chi connectivity index (χ0n) is 21.7. The van der Waals surface area contributed by atoms with E-state index in [1.165, 1.54) is 44.9 Å². The summed E-state index contributed by atoms with van der Waals surface area (Å²) in [5.74, 6) is 3.08. The molecule has 1 saturated heterocycles. The van der Waals surface area contributed by atoms with Gasteiger partial charge in [-0.25, -0.2) is 0 Å². The van der Waals surface area contributed by atoms with Crippen LogP contribution in [0.5, 0.6) is 0 Å². The number of fused-ring (bicyclic) bond motifs is 7. The lowest BCUT2D eigenvalue weighted by Gasteiger charge is -2.71. The fourth-order valence-corrected chi connectivity index (χ4v) is 11.4. The molecule has 9 atom stereocenters. The first-order valence-electron chi connectivity index (χ1n) is 13.8. The summed E-state index contributed by atoms with van der Waals surface area (Å²) in [6.07, 6.45) is 12.3. The lowest BCUT2D eigenvalue weighted by Crippen LogP contribution is -2.66. The Balaban J connectivity index is 1.56. The van der Waals surface area contributed by atoms with Crippen molar-refractivity contribution in [1.29, 1.82) is 0 Å². The van der Waals surface area contributed by atoms with Crippen LogP contribution in [0.15, 0.2) is 0 Å². The molecule has 0 amide bonds. The van der Waals surface area contributed by atoms with Gasteiger partial charge in [0.15, 0.2) is 0 Å². The molecule has 5 rings (SSSR count). The molecule has 32 heavy (non-hydrogen) atoms. The summed E-state index contributed by atoms with van der Waals surface area (Å²) < 4.78 is 0. The van der Waals surface area contributed by atoms with Crippen molar-refractivity contribution in [2.45, 2.75) is 111 Å². The summed E-state index contributed by atoms with van der Waals surface area (Å²) >= 11 is 0. The highest BCUT2D eigenvalue weighted by atomic mass is 16.3. The van der Waals surface area contributed by atoms with Crippen molar-refractivity contribution in [3.05, 3.63) is 0 Å². The molecule has 0 spiro atoms. The van der Waals surface area contributed by atoms with Crippen LogP contribution in [0.4, 0.5) is 0 Å². The van der Waals surface area contributed by atoms with Crippen molar-refractivity contribution >= 4 is 5.78 Å². The third-order valence-electron chi connectivity index (χ3n) is 13.1. The maximum atomic E-state index is 12.8. The van der Waals surface area contributed by atoms with Gasteiger partial charge in [-0.2, -0.15) is 0 Å². The Labute approximate surface area is 196 Å². The first-order chi connectivity index (χ1) is 15.0. The van der Waals surface area contributed by atoms with Crippen LogP contribution in [0.1, 0.15) is 106 Å². The van der Waals surface area contributed by atoms with E-state index in [1.54, 1.807) is 0 Å². The van der Waals surface area contributed by atoms with E-state index < -0.39 is 0 Å². The van der Waals surface area contributed by atoms with Gasteiger partial charge in [0.2, 0.25) is 0 Å². The number of Topliss-reactive ketones (excluding diaryl/α,β-unsaturated/α-hetero) is 1. The Morgan fingerprint density at radius 1 is 0.875 bits per heavy atom. The fourth-order valence-electron chi connectivity index (χ4n) is 11.4. The molecular weight excluding hydrogens is 394 g/mol. The molecule has 0 radical (unpaired) electrons. The predicted octanol–water partition coefficient (Wildman–Crippen LogP) is 5.99. The lowest BCUT2D eigenvalue weighted by atomic mass is 9.33. The molecule has 0 unspecified atom stereocenters. The molecule has 0 aromatic carbocycles. The van der Waals surface area contributed by atoms with E-state index >= 15 is 0 Å². The minimum Gasteiger partial charge on any atom is -0.396 e. The first-order valence-corrected chi connectivity index (χ1v) is 13.8. The minimum atomic E-state index is 0.0129. The zero-order chi connectivity index (χ0) is 23.2. The maximum absolute atomic E-state index is 12.8. The van der Waals surface area contributed by atoms with E-state index in [0.717, 1.165) is 37.6 Å². The van der Waals surface area contributed by atoms with Gasteiger partial charge in [-0.1, -0.05) is 20.8 Å². The van der Waals surface area contributed by atoms with Crippen molar-refractivity contribution in [3.63, 3.8) is 0 Å². The standard InChI is InChI=1S/C29H49NO2/c1-19(32)20-10-14-29(18-31)16-15-27(5)21(24(20)29)8-9-23-26(4)12-7-17-30-25(2,3)22(26)11-13-28(23,27)6/h20-24,30-31H,7-18H2,1-6H3/t20-,21+,22-,23+,24+,26-,27+,28+,29+/m0/s1. The Bertz CT molecular complexity index is 777. The molecule has 5 fully saturated rings. The highest BCUT2D eigenvalue weighted by Crippen LogP contribution is 2.76. The van der Waals surface area contributed by atoms with Crippen LogP contribution in [-0.2, 0) is 4.79 Å². The Morgan fingerprint density at radius 2 is 1.62 bits per heavy atom. The second-order valence-corrected chi connectivity index (χ2v) is 14.2. The average Bonchev–Trinajstić information content (AvgIpc) is 3.07. The molecule has 0 aromatic heterocycles. The van der Waals surface area contributed by atoms with Gasteiger partial charge in [0.1, 0.15) is 5.78 Å². The quantitative estimate of drug-likeness (QED) is 0.551. The number of ketones is 1. The van der Waals surface area contributed by atoms with Crippen LogP contribution in [0, 0.1) is 51.2 Å². The highest BCUT2D eigenvalue weighted by Gasteiger charge is 2.70. The largest absolute Gasteiger partial charge is 0.396 e. The summed E-state index contributed by atoms with van der Waals surface area (Å²) in [4.78, 5) is 12.8. The second-order valence-electron chi connectivity index (χ2n) is 14.2. The Hall–Kier alpha value is -0.410. The van der Waals surface area contributed by atoms with E-state index in [-0.39, 0.29) is 28.9 Å². The Morgan fingerprint density at radius 3 is 2.31 bits per heavy atom. The number of carbonyl (C=O) groups is 1. The molecule has 1 heterocycles. The van der Waals surface area contributed by atoms with Crippen molar-refractivity contribution in [3.8, 4) is 0 Å². The van der Waals surface area contributed by atoms with Crippen LogP contribution >= 0.6 is 0 Å². The SMILES string of the molecule is CC(=O)[C@@H]1CC[C@]2(CO)CC[C@]3(C)[C@H](CC[C@@H]4[C@@]5(C)CCCNC(C)(C)[C@@H]5CC[C@]43C)[C@@H]12. The lowest BCUT2D eigenvalue weighted by molar-refractivity contribution is -0.227. The number of nitrogens with one attached hydrogen (secondary N) is 1. The molecule has 2 N–H and O–H groups in total. The number of aliphatic hydroxyl groups excluding tert-OH is 1. The molecule has 4 saturated carbocycles. The summed E-state index contributed by atoms with van der Waals surface area (Å²) in [5.41, 5.74) is 1.25. The molecule has 0 aromatic rings. The van der Waals surface area contributed by atoms with E-state index in [0.29, 0.717) is 28.4 Å². The van der Waals surface area contributed by atoms with Gasteiger partial charge in [0.05, 0.1) is 0 Å². The molecule has 0 bridgehead atoms. The van der Waals surface area contributed by atoms with Crippen molar-refractivity contribution < 1.29 is 9.90 Å². The van der Waals surface area contributed by atoms with Crippen LogP contribution in [0.3, 0.4) is 0 Å². The third-order valence-corrected chi connectivity index (χ3v) is 13.1. The molecular formula is C29H49NO2. The number of hydrogen-bond acceptors (Lipinski definition) is 3. The van der Waals surface area contributed by atoms with E-state index in [1.807, 2.05) is 6.92 Å². The molecule has 182 valence electrons. The van der Waals surface area contributed by atoms with Gasteiger partial charge < -0.3 is 10.4 Å². The summed E-state index contributed by atoms with van der Waals surface area (Å²) in [5, 5.41) is 14.5. The predicted molar refractivity (Wildman–Crippen MR) is 130 cm³/mol. The number of rotatable bonds is 2. The van der Waals surface area contributed by atoms with Gasteiger partial charge in [-0.15, -0.1) is 0 Å². The van der Waals surface area contributed by atoms with Crippen molar-refractivity contribution in [2.24, 2.45) is 51.2 Å². The molecule has 3 heteroatoms. The minimum absolute atomic E-state index is 0.0129. The van der Waals surface area contributed by atoms with E-state index in [4.69, 9.17) is 0 Å². The molecule has 1 aliphatic heterocycles. The van der Waals surface area contributed by atoms with Crippen LogP contribution in [-0.4, -0.2) is 29.6 Å². The van der Waals surface area contributed by atoms with Crippen LogP contribution < -0.4 is 5.32 Å². The van der Waals surface area contributed by atoms with E-state index in [2.05, 4.69) is 39.9 Å². The smallest absolute Gasteiger partial charge is 0.133 e. The number of aliphatic hydroxyl groups is 1. The van der Waals surface area contributed by atoms with Crippen LogP contribution in [0.25, 0.3) is 0 Å². The van der Waals surface area contributed by atoms with Gasteiger partial charge in [0, 0.05) is 18.1 Å². The van der Waals surface area contributed by atoms with E-state index in [9.17, 15) is 9.90 Å². The van der Waals surface area contributed by atoms with Gasteiger partial charge in [-0.05, 0) is 137 Å². The van der Waals surface area contributed by atoms with Gasteiger partial charge >= 0.3 is 0 Å².